The molecule has 3 fully saturated rings. The van der Waals surface area contributed by atoms with E-state index >= 15 is 0 Å². The molecule has 8 nitrogen and oxygen atoms in total. The molecule has 0 unspecified atom stereocenters. The van der Waals surface area contributed by atoms with E-state index < -0.39 is 5.97 Å². The maximum atomic E-state index is 14.2. The molecule has 0 atom stereocenters. The third-order valence-corrected chi connectivity index (χ3v) is 9.91. The summed E-state index contributed by atoms with van der Waals surface area (Å²) in [5.41, 5.74) is 0.332. The lowest BCUT2D eigenvalue weighted by atomic mass is 9.81. The van der Waals surface area contributed by atoms with Gasteiger partial charge in [0.2, 0.25) is 11.8 Å². The lowest BCUT2D eigenvalue weighted by Gasteiger charge is -2.40. The number of carboxylic acids is 1. The summed E-state index contributed by atoms with van der Waals surface area (Å²) in [6.45, 7) is 10.6. The number of rotatable bonds is 9. The van der Waals surface area contributed by atoms with Gasteiger partial charge >= 0.3 is 5.97 Å². The van der Waals surface area contributed by atoms with Crippen molar-refractivity contribution in [1.82, 2.24) is 14.9 Å². The predicted octanol–water partition coefficient (Wildman–Crippen LogP) is 6.68. The van der Waals surface area contributed by atoms with E-state index in [0.717, 1.165) is 75.2 Å². The van der Waals surface area contributed by atoms with E-state index in [-0.39, 0.29) is 29.4 Å². The maximum absolute atomic E-state index is 14.2. The zero-order chi connectivity index (χ0) is 29.6. The average Bonchev–Trinajstić information content (AvgIpc) is 3.47. The number of aromatic nitrogens is 2. The van der Waals surface area contributed by atoms with Gasteiger partial charge in [-0.25, -0.2) is 14.8 Å². The number of anilines is 1. The van der Waals surface area contributed by atoms with Crippen LogP contribution in [-0.2, 0) is 9.59 Å². The third-order valence-electron chi connectivity index (χ3n) is 8.74. The Morgan fingerprint density at radius 1 is 1.02 bits per heavy atom. The molecule has 2 saturated carbocycles. The molecule has 1 aromatic heterocycles. The molecule has 2 heterocycles. The number of nitrogens with zero attached hydrogens (tertiary/aromatic N) is 4. The van der Waals surface area contributed by atoms with Gasteiger partial charge in [0.05, 0.1) is 5.70 Å². The summed E-state index contributed by atoms with van der Waals surface area (Å²) in [6.07, 6.45) is 16.0. The van der Waals surface area contributed by atoms with E-state index in [1.54, 1.807) is 18.1 Å². The molecule has 1 aliphatic heterocycles. The Hall–Kier alpha value is -2.55. The van der Waals surface area contributed by atoms with E-state index in [1.807, 2.05) is 23.3 Å². The highest BCUT2D eigenvalue weighted by Gasteiger charge is 2.36. The second kappa shape index (κ2) is 14.1. The molecule has 1 saturated heterocycles. The Balaban J connectivity index is 1.54. The van der Waals surface area contributed by atoms with E-state index in [1.165, 1.54) is 18.9 Å². The second-order valence-electron chi connectivity index (χ2n) is 13.0. The van der Waals surface area contributed by atoms with E-state index in [9.17, 15) is 14.7 Å². The molecule has 3 aliphatic rings. The monoisotopic (exact) mass is 584 g/mol. The third kappa shape index (κ3) is 8.49. The van der Waals surface area contributed by atoms with Gasteiger partial charge in [-0.3, -0.25) is 4.79 Å². The van der Waals surface area contributed by atoms with Crippen LogP contribution in [0.3, 0.4) is 0 Å². The van der Waals surface area contributed by atoms with Crippen LogP contribution >= 0.6 is 11.8 Å². The van der Waals surface area contributed by atoms with Gasteiger partial charge in [-0.05, 0) is 92.8 Å². The molecule has 0 spiro atoms. The van der Waals surface area contributed by atoms with Crippen LogP contribution in [0.15, 0.2) is 35.1 Å². The van der Waals surface area contributed by atoms with Gasteiger partial charge in [0.25, 0.3) is 0 Å². The van der Waals surface area contributed by atoms with Gasteiger partial charge in [-0.1, -0.05) is 27.7 Å². The molecule has 2 aliphatic carbocycles. The number of hydrogen-bond acceptors (Lipinski definition) is 7. The molecular formula is C32H48N4O4S. The number of aliphatic carboxylic acids is 1. The largest absolute Gasteiger partial charge is 0.478 e. The average molecular weight is 585 g/mol. The van der Waals surface area contributed by atoms with Crippen LogP contribution in [0.5, 0.6) is 5.88 Å². The molecule has 0 bridgehead atoms. The topological polar surface area (TPSA) is 95.9 Å². The van der Waals surface area contributed by atoms with E-state index in [4.69, 9.17) is 4.74 Å². The van der Waals surface area contributed by atoms with Gasteiger partial charge in [0.1, 0.15) is 18.2 Å². The molecule has 41 heavy (non-hydrogen) atoms. The first-order valence-corrected chi connectivity index (χ1v) is 16.5. The first kappa shape index (κ1) is 31.4. The number of carbonyl (C=O) groups is 2. The predicted molar refractivity (Wildman–Crippen MR) is 165 cm³/mol. The summed E-state index contributed by atoms with van der Waals surface area (Å²) in [7, 11) is 0. The van der Waals surface area contributed by atoms with Gasteiger partial charge in [0, 0.05) is 37.2 Å². The lowest BCUT2D eigenvalue weighted by Crippen LogP contribution is -2.46. The minimum Gasteiger partial charge on any atom is -0.478 e. The molecule has 1 amide bonds. The van der Waals surface area contributed by atoms with Crippen molar-refractivity contribution < 1.29 is 19.4 Å². The molecule has 1 aromatic rings. The van der Waals surface area contributed by atoms with Crippen molar-refractivity contribution >= 4 is 29.5 Å². The number of carbonyl (C=O) groups excluding carboxylic acids is 1. The van der Waals surface area contributed by atoms with Crippen LogP contribution < -0.4 is 9.64 Å². The number of carboxylic acid groups (broad SMARTS) is 1. The summed E-state index contributed by atoms with van der Waals surface area (Å²) in [5, 5.41) is 9.87. The standard InChI is InChI=1S/C32H48N4O4S/c1-22-8-10-23(11-9-22)31(39)36(25(19-30(37)38)18-27(41-5)32(2,3)4)24-12-14-26(15-13-24)40-29-20-28(33-21-34-29)35-16-6-7-17-35/h18-24,26H,6-17H2,1-5H3,(H,37,38)/b25-19-,27-18-/t22-,23-,24-,26-. The highest BCUT2D eigenvalue weighted by molar-refractivity contribution is 8.02. The number of hydrogen-bond donors (Lipinski definition) is 1. The number of ether oxygens (including phenoxy) is 1. The zero-order valence-electron chi connectivity index (χ0n) is 25.5. The Bertz CT molecular complexity index is 1110. The Morgan fingerprint density at radius 3 is 2.27 bits per heavy atom. The van der Waals surface area contributed by atoms with Crippen molar-refractivity contribution in [1.29, 1.82) is 0 Å². The van der Waals surface area contributed by atoms with Crippen LogP contribution in [-0.4, -0.2) is 63.3 Å². The van der Waals surface area contributed by atoms with Gasteiger partial charge in [-0.15, -0.1) is 11.8 Å². The summed E-state index contributed by atoms with van der Waals surface area (Å²) >= 11 is 1.61. The first-order valence-electron chi connectivity index (χ1n) is 15.3. The van der Waals surface area contributed by atoms with Crippen molar-refractivity contribution in [3.63, 3.8) is 0 Å². The number of amides is 1. The van der Waals surface area contributed by atoms with Crippen molar-refractivity contribution in [3.8, 4) is 5.88 Å². The van der Waals surface area contributed by atoms with Crippen molar-refractivity contribution in [3.05, 3.63) is 35.1 Å². The van der Waals surface area contributed by atoms with Gasteiger partial charge < -0.3 is 19.6 Å². The molecule has 0 radical (unpaired) electrons. The van der Waals surface area contributed by atoms with Crippen LogP contribution in [0.25, 0.3) is 0 Å². The van der Waals surface area contributed by atoms with Crippen LogP contribution in [0.2, 0.25) is 0 Å². The van der Waals surface area contributed by atoms with E-state index in [0.29, 0.717) is 17.5 Å². The Kier molecular flexibility index (Phi) is 10.8. The molecule has 226 valence electrons. The fourth-order valence-corrected chi connectivity index (χ4v) is 7.20. The normalized spacial score (nSPS) is 26.1. The Morgan fingerprint density at radius 2 is 1.68 bits per heavy atom. The second-order valence-corrected chi connectivity index (χ2v) is 13.8. The highest BCUT2D eigenvalue weighted by Crippen LogP contribution is 2.38. The van der Waals surface area contributed by atoms with Crippen molar-refractivity contribution in [2.24, 2.45) is 17.3 Å². The van der Waals surface area contributed by atoms with Crippen molar-refractivity contribution in [2.75, 3.05) is 24.2 Å². The summed E-state index contributed by atoms with van der Waals surface area (Å²) < 4.78 is 6.32. The minimum atomic E-state index is -1.03. The molecule has 1 N–H and O–H groups in total. The maximum Gasteiger partial charge on any atom is 0.330 e. The molecule has 9 heteroatoms. The quantitative estimate of drug-likeness (QED) is 0.254. The first-order chi connectivity index (χ1) is 19.5. The number of allylic oxidation sites excluding steroid dienone is 2. The fraction of sp³-hybridized carbons (Fsp3) is 0.688. The summed E-state index contributed by atoms with van der Waals surface area (Å²) in [6, 6.07) is 1.86. The summed E-state index contributed by atoms with van der Waals surface area (Å²) in [4.78, 5) is 40.2. The molecular weight excluding hydrogens is 536 g/mol. The SMILES string of the molecule is CS/C(=C\C(=C\C(=O)O)N(C(=O)[C@H]1CC[C@H](C)CC1)[C@H]1CC[C@H](Oc2cc(N3CCCC3)ncn2)CC1)C(C)(C)C. The van der Waals surface area contributed by atoms with Crippen molar-refractivity contribution in [2.45, 2.75) is 104 Å². The molecule has 0 aromatic carbocycles. The smallest absolute Gasteiger partial charge is 0.330 e. The van der Waals surface area contributed by atoms with Gasteiger partial charge in [0.15, 0.2) is 0 Å². The minimum absolute atomic E-state index is 0.00107. The molecule has 4 rings (SSSR count). The van der Waals surface area contributed by atoms with E-state index in [2.05, 4.69) is 42.6 Å². The van der Waals surface area contributed by atoms with Crippen LogP contribution in [0.1, 0.15) is 91.9 Å². The number of thioether (sulfide) groups is 1. The van der Waals surface area contributed by atoms with Gasteiger partial charge in [-0.2, -0.15) is 0 Å². The fourth-order valence-electron chi connectivity index (χ4n) is 6.35. The lowest BCUT2D eigenvalue weighted by molar-refractivity contribution is -0.137. The highest BCUT2D eigenvalue weighted by atomic mass is 32.2. The van der Waals surface area contributed by atoms with Crippen LogP contribution in [0.4, 0.5) is 5.82 Å². The van der Waals surface area contributed by atoms with Crippen LogP contribution in [0, 0.1) is 17.3 Å². The summed E-state index contributed by atoms with van der Waals surface area (Å²) in [5.74, 6) is 1.12. The zero-order valence-corrected chi connectivity index (χ0v) is 26.3. The Labute approximate surface area is 250 Å².